The van der Waals surface area contributed by atoms with Gasteiger partial charge in [0.05, 0.1) is 18.6 Å². The fourth-order valence-corrected chi connectivity index (χ4v) is 3.58. The smallest absolute Gasteiger partial charge is 0.444 e. The van der Waals surface area contributed by atoms with Crippen LogP contribution in [0.5, 0.6) is 0 Å². The Labute approximate surface area is 196 Å². The largest absolute Gasteiger partial charge is 0.459 e. The number of fused-ring (bicyclic) bond motifs is 1. The highest BCUT2D eigenvalue weighted by atomic mass is 79.9. The van der Waals surface area contributed by atoms with E-state index in [1.54, 1.807) is 32.9 Å². The zero-order valence-electron chi connectivity index (χ0n) is 16.9. The average Bonchev–Trinajstić information content (AvgIpc) is 2.59. The number of hydrogen-bond donors (Lipinski definition) is 2. The van der Waals surface area contributed by atoms with E-state index in [4.69, 9.17) is 4.74 Å². The molecule has 4 nitrogen and oxygen atoms in total. The van der Waals surface area contributed by atoms with E-state index in [2.05, 4.69) is 37.2 Å². The summed E-state index contributed by atoms with van der Waals surface area (Å²) >= 11 is 6.58. The third-order valence-electron chi connectivity index (χ3n) is 4.35. The molecule has 32 heavy (non-hydrogen) atoms. The Balaban J connectivity index is 2.34. The number of hydrogen-bond acceptors (Lipinski definition) is 3. The van der Waals surface area contributed by atoms with Crippen LogP contribution in [0, 0.1) is 0 Å². The van der Waals surface area contributed by atoms with Crippen LogP contribution in [0.1, 0.15) is 37.9 Å². The van der Waals surface area contributed by atoms with Gasteiger partial charge in [-0.1, -0.05) is 12.2 Å². The van der Waals surface area contributed by atoms with Crippen molar-refractivity contribution in [1.82, 2.24) is 10.6 Å². The Hall–Kier alpha value is -1.34. The molecule has 180 valence electrons. The lowest BCUT2D eigenvalue weighted by Gasteiger charge is -2.34. The molecule has 0 spiro atoms. The molecule has 0 aromatic heterocycles. The maximum absolute atomic E-state index is 13.8. The number of alkyl halides is 7. The van der Waals surface area contributed by atoms with Crippen molar-refractivity contribution in [2.24, 2.45) is 0 Å². The van der Waals surface area contributed by atoms with Crippen LogP contribution < -0.4 is 10.6 Å². The monoisotopic (exact) mass is 598 g/mol. The van der Waals surface area contributed by atoms with Crippen LogP contribution in [-0.4, -0.2) is 42.3 Å². The van der Waals surface area contributed by atoms with Gasteiger partial charge in [0.2, 0.25) is 0 Å². The highest BCUT2D eigenvalue weighted by molar-refractivity contribution is 9.13. The molecule has 1 aromatic rings. The highest BCUT2D eigenvalue weighted by Gasteiger charge is 2.72. The normalized spacial score (nSPS) is 19.5. The second-order valence-electron chi connectivity index (χ2n) is 8.06. The van der Waals surface area contributed by atoms with Gasteiger partial charge in [0.25, 0.3) is 0 Å². The predicted molar refractivity (Wildman–Crippen MR) is 111 cm³/mol. The summed E-state index contributed by atoms with van der Waals surface area (Å²) in [5, 5.41) is 4.49. The number of halogens is 9. The van der Waals surface area contributed by atoms with Crippen molar-refractivity contribution in [3.63, 3.8) is 0 Å². The third kappa shape index (κ3) is 5.96. The van der Waals surface area contributed by atoms with E-state index in [0.717, 1.165) is 0 Å². The van der Waals surface area contributed by atoms with Crippen LogP contribution >= 0.6 is 31.9 Å². The molecule has 1 aliphatic rings. The quantitative estimate of drug-likeness (QED) is 0.375. The van der Waals surface area contributed by atoms with Crippen LogP contribution in [0.4, 0.5) is 35.5 Å². The summed E-state index contributed by atoms with van der Waals surface area (Å²) in [5.41, 5.74) is 0.0611. The van der Waals surface area contributed by atoms with Crippen LogP contribution in [0.3, 0.4) is 0 Å². The summed E-state index contributed by atoms with van der Waals surface area (Å²) in [4.78, 5) is 12.3. The topological polar surface area (TPSA) is 50.4 Å². The fourth-order valence-electron chi connectivity index (χ4n) is 2.86. The molecule has 0 aliphatic heterocycles. The van der Waals surface area contributed by atoms with Crippen LogP contribution in [0.15, 0.2) is 27.2 Å². The Morgan fingerprint density at radius 3 is 2.12 bits per heavy atom. The third-order valence-corrected chi connectivity index (χ3v) is 6.19. The first-order chi connectivity index (χ1) is 14.4. The summed E-state index contributed by atoms with van der Waals surface area (Å²) < 4.78 is 97.7. The first-order valence-electron chi connectivity index (χ1n) is 9.08. The number of alkyl carbamates (subject to hydrolysis) is 1. The van der Waals surface area contributed by atoms with Crippen molar-refractivity contribution in [2.75, 3.05) is 6.54 Å². The van der Waals surface area contributed by atoms with E-state index in [9.17, 15) is 35.5 Å². The van der Waals surface area contributed by atoms with Crippen molar-refractivity contribution in [2.45, 2.75) is 56.5 Å². The molecule has 2 rings (SSSR count). The molecule has 0 fully saturated rings. The minimum Gasteiger partial charge on any atom is -0.444 e. The molecule has 1 aliphatic carbocycles. The summed E-state index contributed by atoms with van der Waals surface area (Å²) in [6.07, 6.45) is -4.61. The molecule has 2 atom stereocenters. The number of carbonyl (C=O) groups is 1. The minimum atomic E-state index is -6.43. The van der Waals surface area contributed by atoms with E-state index in [1.807, 2.05) is 5.32 Å². The number of nitrogens with one attached hydrogen (secondary N) is 2. The molecule has 0 saturated carbocycles. The van der Waals surface area contributed by atoms with E-state index >= 15 is 0 Å². The SMILES string of the molecule is CC(C)(C)OC(=O)N[C@@H]1c2cc(Br)c(Br)cc2C=C[C@H]1NCC(F)(F)C(F)(F)C(F)(F)F. The Morgan fingerprint density at radius 2 is 1.59 bits per heavy atom. The van der Waals surface area contributed by atoms with Crippen molar-refractivity contribution in [3.05, 3.63) is 38.3 Å². The van der Waals surface area contributed by atoms with Gasteiger partial charge in [-0.05, 0) is 75.9 Å². The maximum Gasteiger partial charge on any atom is 0.459 e. The standard InChI is InChI=1S/C19H19Br2F7N2O2/c1-16(2,3)32-15(31)30-14-10-7-12(21)11(20)6-9(10)4-5-13(14)29-8-17(22,23)18(24,25)19(26,27)28/h4-7,13-14,29H,8H2,1-3H3,(H,30,31)/t13-,14-/m1/s1. The van der Waals surface area contributed by atoms with Gasteiger partial charge in [-0.2, -0.15) is 30.7 Å². The maximum atomic E-state index is 13.8. The summed E-state index contributed by atoms with van der Waals surface area (Å²) in [6.45, 7) is 2.77. The average molecular weight is 600 g/mol. The molecule has 0 radical (unpaired) electrons. The van der Waals surface area contributed by atoms with Gasteiger partial charge in [-0.3, -0.25) is 0 Å². The van der Waals surface area contributed by atoms with Crippen molar-refractivity contribution in [1.29, 1.82) is 0 Å². The number of carbonyl (C=O) groups excluding carboxylic acids is 1. The van der Waals surface area contributed by atoms with Crippen molar-refractivity contribution in [3.8, 4) is 0 Å². The fraction of sp³-hybridized carbons (Fsp3) is 0.526. The minimum absolute atomic E-state index is 0.400. The summed E-state index contributed by atoms with van der Waals surface area (Å²) in [7, 11) is 0. The Bertz CT molecular complexity index is 899. The van der Waals surface area contributed by atoms with Gasteiger partial charge in [0, 0.05) is 8.95 Å². The molecule has 13 heteroatoms. The van der Waals surface area contributed by atoms with Crippen molar-refractivity contribution < 1.29 is 40.3 Å². The van der Waals surface area contributed by atoms with Crippen LogP contribution in [-0.2, 0) is 4.74 Å². The summed E-state index contributed by atoms with van der Waals surface area (Å²) in [5.74, 6) is -11.7. The number of benzene rings is 1. The van der Waals surface area contributed by atoms with Crippen LogP contribution in [0.2, 0.25) is 0 Å². The van der Waals surface area contributed by atoms with Gasteiger partial charge in [0.1, 0.15) is 5.60 Å². The Morgan fingerprint density at radius 1 is 1.03 bits per heavy atom. The van der Waals surface area contributed by atoms with Gasteiger partial charge in [0.15, 0.2) is 0 Å². The zero-order chi connectivity index (χ0) is 24.7. The first-order valence-corrected chi connectivity index (χ1v) is 10.7. The number of amides is 1. The highest BCUT2D eigenvalue weighted by Crippen LogP contribution is 2.46. The molecule has 2 N–H and O–H groups in total. The molecule has 1 aromatic carbocycles. The van der Waals surface area contributed by atoms with Gasteiger partial charge in [-0.15, -0.1) is 0 Å². The van der Waals surface area contributed by atoms with Crippen LogP contribution in [0.25, 0.3) is 6.08 Å². The van der Waals surface area contributed by atoms with Gasteiger partial charge in [-0.25, -0.2) is 4.79 Å². The second-order valence-corrected chi connectivity index (χ2v) is 9.77. The number of ether oxygens (including phenoxy) is 1. The zero-order valence-corrected chi connectivity index (χ0v) is 20.1. The summed E-state index contributed by atoms with van der Waals surface area (Å²) in [6, 6.07) is 0.868. The lowest BCUT2D eigenvalue weighted by Crippen LogP contribution is -2.58. The molecule has 0 heterocycles. The first kappa shape index (κ1) is 26.9. The van der Waals surface area contributed by atoms with E-state index < -0.39 is 48.3 Å². The molecule has 0 unspecified atom stereocenters. The second kappa shape index (κ2) is 9.13. The van der Waals surface area contributed by atoms with Gasteiger partial charge >= 0.3 is 24.1 Å². The van der Waals surface area contributed by atoms with E-state index in [0.29, 0.717) is 20.1 Å². The molecular formula is C19H19Br2F7N2O2. The Kier molecular flexibility index (Phi) is 7.68. The molecular weight excluding hydrogens is 581 g/mol. The lowest BCUT2D eigenvalue weighted by atomic mass is 9.89. The molecule has 0 bridgehead atoms. The van der Waals surface area contributed by atoms with Crippen molar-refractivity contribution >= 4 is 44.0 Å². The van der Waals surface area contributed by atoms with E-state index in [1.165, 1.54) is 12.2 Å². The van der Waals surface area contributed by atoms with Gasteiger partial charge < -0.3 is 15.4 Å². The molecule has 1 amide bonds. The van der Waals surface area contributed by atoms with E-state index in [-0.39, 0.29) is 0 Å². The predicted octanol–water partition coefficient (Wildman–Crippen LogP) is 6.60. The molecule has 0 saturated heterocycles. The number of rotatable bonds is 5. The lowest BCUT2D eigenvalue weighted by molar-refractivity contribution is -0.352.